The molecule has 2 aliphatic rings. The van der Waals surface area contributed by atoms with Gasteiger partial charge in [0.2, 0.25) is 6.79 Å². The number of fused-ring (bicyclic) bond motifs is 1. The predicted octanol–water partition coefficient (Wildman–Crippen LogP) is 7.56. The fraction of sp³-hybridized carbons (Fsp3) is 0.600. The highest BCUT2D eigenvalue weighted by atomic mass is 28.4. The van der Waals surface area contributed by atoms with Crippen LogP contribution in [-0.4, -0.2) is 15.1 Å². The van der Waals surface area contributed by atoms with Crippen molar-refractivity contribution in [3.8, 4) is 11.5 Å². The average molecular weight is 415 g/mol. The largest absolute Gasteiger partial charge is 0.546 e. The molecule has 1 unspecified atom stereocenters. The Balaban J connectivity index is 2.02. The summed E-state index contributed by atoms with van der Waals surface area (Å²) in [6.07, 6.45) is 7.88. The van der Waals surface area contributed by atoms with E-state index in [1.165, 1.54) is 5.56 Å². The molecule has 0 amide bonds. The highest BCUT2D eigenvalue weighted by Gasteiger charge is 2.47. The summed E-state index contributed by atoms with van der Waals surface area (Å²) in [5, 5.41) is 0. The Morgan fingerprint density at radius 1 is 0.966 bits per heavy atom. The molecule has 1 atom stereocenters. The maximum absolute atomic E-state index is 7.07. The van der Waals surface area contributed by atoms with E-state index < -0.39 is 8.32 Å². The number of benzene rings is 1. The fourth-order valence-corrected chi connectivity index (χ4v) is 10.7. The molecule has 1 aliphatic heterocycles. The Kier molecular flexibility index (Phi) is 6.23. The van der Waals surface area contributed by atoms with Crippen LogP contribution in [0.15, 0.2) is 42.2 Å². The van der Waals surface area contributed by atoms with Gasteiger partial charge in [-0.1, -0.05) is 73.6 Å². The number of rotatable bonds is 6. The molecule has 1 aromatic rings. The van der Waals surface area contributed by atoms with E-state index in [9.17, 15) is 0 Å². The molecule has 1 aliphatic carbocycles. The van der Waals surface area contributed by atoms with Crippen LogP contribution in [0.4, 0.5) is 0 Å². The van der Waals surface area contributed by atoms with Crippen molar-refractivity contribution < 1.29 is 13.9 Å². The first kappa shape index (κ1) is 22.0. The van der Waals surface area contributed by atoms with Gasteiger partial charge in [-0.2, -0.15) is 0 Å². The molecule has 1 aromatic carbocycles. The molecule has 4 heteroatoms. The monoisotopic (exact) mass is 414 g/mol. The molecule has 0 saturated heterocycles. The summed E-state index contributed by atoms with van der Waals surface area (Å²) in [6.45, 7) is 19.0. The van der Waals surface area contributed by atoms with Crippen LogP contribution in [0.2, 0.25) is 16.6 Å². The van der Waals surface area contributed by atoms with E-state index in [-0.39, 0.29) is 11.3 Å². The van der Waals surface area contributed by atoms with Crippen LogP contribution in [0.1, 0.15) is 73.3 Å². The number of hydrogen-bond donors (Lipinski definition) is 0. The van der Waals surface area contributed by atoms with Gasteiger partial charge in [0.15, 0.2) is 11.5 Å². The second kappa shape index (κ2) is 8.21. The minimum Gasteiger partial charge on any atom is -0.546 e. The quantitative estimate of drug-likeness (QED) is 0.355. The van der Waals surface area contributed by atoms with Gasteiger partial charge in [-0.3, -0.25) is 0 Å². The molecule has 3 rings (SSSR count). The van der Waals surface area contributed by atoms with Gasteiger partial charge < -0.3 is 13.9 Å². The third kappa shape index (κ3) is 4.14. The fourth-order valence-electron chi connectivity index (χ4n) is 5.34. The zero-order chi connectivity index (χ0) is 21.4. The SMILES string of the molecule is CC(C)[Si](OC1=CC(c2ccc3c(c2)OCO3)C(C)(C)C=CC1)(C(C)C)C(C)C. The van der Waals surface area contributed by atoms with E-state index in [0.29, 0.717) is 23.4 Å². The first-order valence-corrected chi connectivity index (χ1v) is 13.2. The second-order valence-electron chi connectivity index (χ2n) is 10.1. The first-order chi connectivity index (χ1) is 13.6. The van der Waals surface area contributed by atoms with Crippen molar-refractivity contribution in [2.24, 2.45) is 5.41 Å². The summed E-state index contributed by atoms with van der Waals surface area (Å²) in [5.74, 6) is 3.04. The predicted molar refractivity (Wildman–Crippen MR) is 123 cm³/mol. The van der Waals surface area contributed by atoms with Gasteiger partial charge in [0.25, 0.3) is 8.32 Å². The van der Waals surface area contributed by atoms with E-state index in [1.807, 2.05) is 6.07 Å². The van der Waals surface area contributed by atoms with Crippen LogP contribution in [-0.2, 0) is 4.43 Å². The summed E-state index contributed by atoms with van der Waals surface area (Å²) >= 11 is 0. The van der Waals surface area contributed by atoms with Crippen molar-refractivity contribution >= 4 is 8.32 Å². The molecule has 0 radical (unpaired) electrons. The van der Waals surface area contributed by atoms with E-state index in [0.717, 1.165) is 23.7 Å². The van der Waals surface area contributed by atoms with E-state index in [1.54, 1.807) is 0 Å². The summed E-state index contributed by atoms with van der Waals surface area (Å²) < 4.78 is 18.2. The number of hydrogen-bond acceptors (Lipinski definition) is 3. The van der Waals surface area contributed by atoms with Crippen molar-refractivity contribution in [1.29, 1.82) is 0 Å². The lowest BCUT2D eigenvalue weighted by Gasteiger charge is -2.43. The van der Waals surface area contributed by atoms with Gasteiger partial charge in [-0.05, 0) is 45.8 Å². The van der Waals surface area contributed by atoms with Crippen LogP contribution < -0.4 is 9.47 Å². The minimum atomic E-state index is -1.98. The molecule has 0 bridgehead atoms. The van der Waals surface area contributed by atoms with Crippen molar-refractivity contribution in [2.75, 3.05) is 6.79 Å². The van der Waals surface area contributed by atoms with E-state index in [2.05, 4.69) is 85.8 Å². The van der Waals surface area contributed by atoms with Gasteiger partial charge in [-0.25, -0.2) is 0 Å². The van der Waals surface area contributed by atoms with Crippen molar-refractivity contribution in [1.82, 2.24) is 0 Å². The zero-order valence-electron chi connectivity index (χ0n) is 19.4. The van der Waals surface area contributed by atoms with Crippen LogP contribution in [0.3, 0.4) is 0 Å². The zero-order valence-corrected chi connectivity index (χ0v) is 20.4. The van der Waals surface area contributed by atoms with Crippen molar-refractivity contribution in [3.63, 3.8) is 0 Å². The Morgan fingerprint density at radius 3 is 2.21 bits per heavy atom. The summed E-state index contributed by atoms with van der Waals surface area (Å²) in [6, 6.07) is 6.34. The average Bonchev–Trinajstić information content (AvgIpc) is 3.03. The van der Waals surface area contributed by atoms with Gasteiger partial charge in [0.1, 0.15) is 0 Å². The summed E-state index contributed by atoms with van der Waals surface area (Å²) in [7, 11) is -1.98. The van der Waals surface area contributed by atoms with Crippen LogP contribution in [0, 0.1) is 5.41 Å². The highest BCUT2D eigenvalue weighted by molar-refractivity contribution is 6.77. The molecule has 29 heavy (non-hydrogen) atoms. The topological polar surface area (TPSA) is 27.7 Å². The van der Waals surface area contributed by atoms with Gasteiger partial charge in [-0.15, -0.1) is 0 Å². The Labute approximate surface area is 178 Å². The lowest BCUT2D eigenvalue weighted by molar-refractivity contribution is 0.174. The molecule has 0 fully saturated rings. The molecular weight excluding hydrogens is 376 g/mol. The van der Waals surface area contributed by atoms with Crippen molar-refractivity contribution in [2.45, 2.75) is 84.4 Å². The van der Waals surface area contributed by atoms with Crippen molar-refractivity contribution in [3.05, 3.63) is 47.7 Å². The molecule has 0 N–H and O–H groups in total. The molecule has 1 heterocycles. The summed E-state index contributed by atoms with van der Waals surface area (Å²) in [4.78, 5) is 0. The molecule has 0 spiro atoms. The van der Waals surface area contributed by atoms with Gasteiger partial charge >= 0.3 is 0 Å². The Bertz CT molecular complexity index is 767. The molecule has 0 aromatic heterocycles. The summed E-state index contributed by atoms with van der Waals surface area (Å²) in [5.41, 5.74) is 2.93. The first-order valence-electron chi connectivity index (χ1n) is 11.0. The standard InChI is InChI=1S/C25H38O3Si/c1-17(2)29(18(3)4,19(5)6)28-21-10-9-13-25(7,8)22(15-21)20-11-12-23-24(14-20)27-16-26-23/h9,11-15,17-19,22H,10,16H2,1-8H3. The lowest BCUT2D eigenvalue weighted by atomic mass is 9.75. The Morgan fingerprint density at radius 2 is 1.59 bits per heavy atom. The normalized spacial score (nSPS) is 20.9. The molecular formula is C25H38O3Si. The molecule has 3 nitrogen and oxygen atoms in total. The minimum absolute atomic E-state index is 0.00346. The molecule has 160 valence electrons. The number of ether oxygens (including phenoxy) is 2. The Hall–Kier alpha value is -1.68. The van der Waals surface area contributed by atoms with Crippen LogP contribution >= 0.6 is 0 Å². The molecule has 0 saturated carbocycles. The third-order valence-corrected chi connectivity index (χ3v) is 12.8. The van der Waals surface area contributed by atoms with Gasteiger partial charge in [0, 0.05) is 12.3 Å². The van der Waals surface area contributed by atoms with E-state index in [4.69, 9.17) is 13.9 Å². The second-order valence-corrected chi connectivity index (χ2v) is 15.4. The van der Waals surface area contributed by atoms with E-state index >= 15 is 0 Å². The van der Waals surface area contributed by atoms with Crippen LogP contribution in [0.5, 0.6) is 11.5 Å². The van der Waals surface area contributed by atoms with Gasteiger partial charge in [0.05, 0.1) is 5.76 Å². The highest BCUT2D eigenvalue weighted by Crippen LogP contribution is 2.47. The number of allylic oxidation sites excluding steroid dienone is 3. The maximum atomic E-state index is 7.07. The smallest absolute Gasteiger partial charge is 0.258 e. The van der Waals surface area contributed by atoms with Crippen LogP contribution in [0.25, 0.3) is 0 Å². The lowest BCUT2D eigenvalue weighted by Crippen LogP contribution is -2.47. The maximum Gasteiger partial charge on any atom is 0.258 e. The third-order valence-electron chi connectivity index (χ3n) is 6.79.